The first-order valence-electron chi connectivity index (χ1n) is 2.28. The van der Waals surface area contributed by atoms with Gasteiger partial charge in [0.25, 0.3) is 0 Å². The van der Waals surface area contributed by atoms with Crippen LogP contribution < -0.4 is 5.32 Å². The molecule has 0 spiro atoms. The first-order chi connectivity index (χ1) is 3.31. The van der Waals surface area contributed by atoms with Crippen molar-refractivity contribution < 1.29 is 5.32 Å². The van der Waals surface area contributed by atoms with Crippen molar-refractivity contribution in [3.8, 4) is 0 Å². The highest BCUT2D eigenvalue weighted by molar-refractivity contribution is 5.67. The van der Waals surface area contributed by atoms with Gasteiger partial charge in [0.1, 0.15) is 5.70 Å². The van der Waals surface area contributed by atoms with E-state index in [0.29, 0.717) is 0 Å². The van der Waals surface area contributed by atoms with E-state index in [1.807, 2.05) is 19.3 Å². The molecule has 0 rings (SSSR count). The standard InChI is InChI=1S/C5H10N2/c1-5(7-2)3-4-6/h3-4,6-7H,1-2H3/p+1. The van der Waals surface area contributed by atoms with E-state index in [1.54, 1.807) is 6.08 Å². The van der Waals surface area contributed by atoms with Crippen molar-refractivity contribution in [3.63, 3.8) is 0 Å². The maximum atomic E-state index is 6.62. The van der Waals surface area contributed by atoms with Gasteiger partial charge >= 0.3 is 0 Å². The molecule has 40 valence electrons. The molecule has 0 bridgehead atoms. The number of hydrogen-bond donors (Lipinski definition) is 2. The molecule has 0 fully saturated rings. The van der Waals surface area contributed by atoms with Crippen molar-refractivity contribution >= 4 is 6.21 Å². The average molecular weight is 99.2 g/mol. The molecule has 0 amide bonds. The van der Waals surface area contributed by atoms with Crippen molar-refractivity contribution in [1.29, 1.82) is 5.41 Å². The maximum Gasteiger partial charge on any atom is 0.104 e. The average Bonchev–Trinajstić information content (AvgIpc) is 1.68. The maximum absolute atomic E-state index is 6.62. The second kappa shape index (κ2) is 3.56. The molecule has 0 unspecified atom stereocenters. The van der Waals surface area contributed by atoms with Crippen LogP contribution in [-0.2, 0) is 0 Å². The van der Waals surface area contributed by atoms with Gasteiger partial charge in [0.15, 0.2) is 0 Å². The summed E-state index contributed by atoms with van der Waals surface area (Å²) in [6.07, 6.45) is 3.04. The molecule has 0 aliphatic rings. The second-order valence-corrected chi connectivity index (χ2v) is 1.37. The summed E-state index contributed by atoms with van der Waals surface area (Å²) in [5, 5.41) is 8.58. The number of quaternary nitrogens is 1. The predicted molar refractivity (Wildman–Crippen MR) is 30.4 cm³/mol. The van der Waals surface area contributed by atoms with Gasteiger partial charge in [0, 0.05) is 19.2 Å². The van der Waals surface area contributed by atoms with Crippen LogP contribution in [0.4, 0.5) is 0 Å². The van der Waals surface area contributed by atoms with Gasteiger partial charge in [0.05, 0.1) is 7.05 Å². The third kappa shape index (κ3) is 3.19. The van der Waals surface area contributed by atoms with Crippen molar-refractivity contribution in [2.24, 2.45) is 0 Å². The summed E-state index contributed by atoms with van der Waals surface area (Å²) in [6, 6.07) is 0. The molecule has 2 nitrogen and oxygen atoms in total. The highest BCUT2D eigenvalue weighted by Crippen LogP contribution is 1.68. The molecular formula is C5H11N2+. The van der Waals surface area contributed by atoms with Gasteiger partial charge in [-0.1, -0.05) is 0 Å². The summed E-state index contributed by atoms with van der Waals surface area (Å²) in [4.78, 5) is 0. The minimum Gasteiger partial charge on any atom is -0.320 e. The van der Waals surface area contributed by atoms with Gasteiger partial charge in [-0.25, -0.2) is 0 Å². The van der Waals surface area contributed by atoms with Crippen LogP contribution in [0, 0.1) is 5.41 Å². The fourth-order valence-electron chi connectivity index (χ4n) is 0.228. The van der Waals surface area contributed by atoms with Crippen LogP contribution in [0.25, 0.3) is 0 Å². The van der Waals surface area contributed by atoms with Gasteiger partial charge in [-0.15, -0.1) is 0 Å². The fourth-order valence-corrected chi connectivity index (χ4v) is 0.228. The van der Waals surface area contributed by atoms with E-state index in [9.17, 15) is 0 Å². The summed E-state index contributed by atoms with van der Waals surface area (Å²) in [5.74, 6) is 0. The topological polar surface area (TPSA) is 40.5 Å². The van der Waals surface area contributed by atoms with E-state index < -0.39 is 0 Å². The number of hydrogen-bond acceptors (Lipinski definition) is 1. The molecule has 0 aliphatic heterocycles. The molecule has 0 saturated heterocycles. The smallest absolute Gasteiger partial charge is 0.104 e. The summed E-state index contributed by atoms with van der Waals surface area (Å²) in [5.41, 5.74) is 1.13. The van der Waals surface area contributed by atoms with E-state index >= 15 is 0 Å². The van der Waals surface area contributed by atoms with Crippen molar-refractivity contribution in [2.45, 2.75) is 6.92 Å². The molecule has 0 aromatic rings. The zero-order chi connectivity index (χ0) is 5.70. The van der Waals surface area contributed by atoms with Crippen molar-refractivity contribution in [2.75, 3.05) is 7.05 Å². The largest absolute Gasteiger partial charge is 0.320 e. The van der Waals surface area contributed by atoms with E-state index in [-0.39, 0.29) is 0 Å². The van der Waals surface area contributed by atoms with Crippen LogP contribution >= 0.6 is 0 Å². The Bertz CT molecular complexity index is 84.1. The van der Waals surface area contributed by atoms with E-state index in [0.717, 1.165) is 5.70 Å². The molecule has 0 heterocycles. The van der Waals surface area contributed by atoms with Crippen LogP contribution in [0.1, 0.15) is 6.92 Å². The molecule has 0 aromatic carbocycles. The Kier molecular flexibility index (Phi) is 3.24. The van der Waals surface area contributed by atoms with Gasteiger partial charge < -0.3 is 10.7 Å². The summed E-state index contributed by atoms with van der Waals surface area (Å²) >= 11 is 0. The molecule has 0 aliphatic carbocycles. The molecule has 0 radical (unpaired) electrons. The fraction of sp³-hybridized carbons (Fsp3) is 0.400. The lowest BCUT2D eigenvalue weighted by molar-refractivity contribution is -0.575. The zero-order valence-electron chi connectivity index (χ0n) is 4.73. The SMILES string of the molecule is C[NH2+]C(C)=CC=N. The normalized spacial score (nSPS) is 11.4. The number of allylic oxidation sites excluding steroid dienone is 2. The number of nitrogens with one attached hydrogen (secondary N) is 1. The van der Waals surface area contributed by atoms with Crippen molar-refractivity contribution in [3.05, 3.63) is 11.8 Å². The molecule has 0 saturated carbocycles. The minimum absolute atomic E-state index is 1.13. The highest BCUT2D eigenvalue weighted by atomic mass is 14.8. The van der Waals surface area contributed by atoms with Crippen LogP contribution in [0.2, 0.25) is 0 Å². The van der Waals surface area contributed by atoms with Crippen LogP contribution in [0.3, 0.4) is 0 Å². The Balaban J connectivity index is 3.49. The lowest BCUT2D eigenvalue weighted by Crippen LogP contribution is -2.76. The number of rotatable bonds is 2. The monoisotopic (exact) mass is 99.1 g/mol. The van der Waals surface area contributed by atoms with E-state index in [2.05, 4.69) is 0 Å². The van der Waals surface area contributed by atoms with Crippen LogP contribution in [-0.4, -0.2) is 13.3 Å². The molecule has 3 N–H and O–H groups in total. The third-order valence-electron chi connectivity index (χ3n) is 0.802. The van der Waals surface area contributed by atoms with E-state index in [4.69, 9.17) is 5.41 Å². The first-order valence-corrected chi connectivity index (χ1v) is 2.28. The number of nitrogens with two attached hydrogens (primary N) is 1. The van der Waals surface area contributed by atoms with E-state index in [1.165, 1.54) is 6.21 Å². The van der Waals surface area contributed by atoms with Crippen molar-refractivity contribution in [1.82, 2.24) is 0 Å². The molecule has 0 aromatic heterocycles. The van der Waals surface area contributed by atoms with Crippen LogP contribution in [0.5, 0.6) is 0 Å². The molecule has 0 atom stereocenters. The van der Waals surface area contributed by atoms with Gasteiger partial charge in [0.2, 0.25) is 0 Å². The van der Waals surface area contributed by atoms with Gasteiger partial charge in [-0.3, -0.25) is 0 Å². The summed E-state index contributed by atoms with van der Waals surface area (Å²) in [7, 11) is 1.95. The predicted octanol–water partition coefficient (Wildman–Crippen LogP) is -0.267. The lowest BCUT2D eigenvalue weighted by Gasteiger charge is -1.84. The Hall–Kier alpha value is -0.630. The van der Waals surface area contributed by atoms with Gasteiger partial charge in [-0.05, 0) is 0 Å². The molecule has 2 heteroatoms. The highest BCUT2D eigenvalue weighted by Gasteiger charge is 1.78. The quantitative estimate of drug-likeness (QED) is 0.448. The zero-order valence-corrected chi connectivity index (χ0v) is 4.73. The summed E-state index contributed by atoms with van der Waals surface area (Å²) < 4.78 is 0. The Morgan fingerprint density at radius 2 is 2.29 bits per heavy atom. The third-order valence-corrected chi connectivity index (χ3v) is 0.802. The van der Waals surface area contributed by atoms with Gasteiger partial charge in [-0.2, -0.15) is 0 Å². The molecular weight excluding hydrogens is 88.1 g/mol. The Morgan fingerprint density at radius 3 is 2.43 bits per heavy atom. The minimum atomic E-state index is 1.13. The Morgan fingerprint density at radius 1 is 1.71 bits per heavy atom. The lowest BCUT2D eigenvalue weighted by atomic mass is 10.4. The summed E-state index contributed by atoms with van der Waals surface area (Å²) in [6.45, 7) is 1.96. The first kappa shape index (κ1) is 6.37. The molecule has 7 heavy (non-hydrogen) atoms. The second-order valence-electron chi connectivity index (χ2n) is 1.37. The van der Waals surface area contributed by atoms with Crippen LogP contribution in [0.15, 0.2) is 11.8 Å². The Labute approximate surface area is 43.7 Å².